The van der Waals surface area contributed by atoms with E-state index in [1.165, 1.54) is 12.5 Å². The number of hydrazone groups is 1. The Hall–Kier alpha value is -2.90. The highest BCUT2D eigenvalue weighted by Gasteiger charge is 2.08. The first kappa shape index (κ1) is 14.5. The lowest BCUT2D eigenvalue weighted by Crippen LogP contribution is -2.28. The largest absolute Gasteiger partial charge is 0.463 e. The van der Waals surface area contributed by atoms with Crippen LogP contribution in [-0.2, 0) is 11.2 Å². The first-order chi connectivity index (χ1) is 10.1. The normalized spacial score (nSPS) is 10.9. The van der Waals surface area contributed by atoms with E-state index in [2.05, 4.69) is 20.5 Å². The molecule has 0 saturated carbocycles. The number of aromatic nitrogens is 2. The van der Waals surface area contributed by atoms with Crippen molar-refractivity contribution in [2.75, 3.05) is 0 Å². The number of carbonyl (C=O) groups excluding carboxylic acids is 1. The number of furan rings is 1. The Morgan fingerprint density at radius 1 is 1.43 bits per heavy atom. The van der Waals surface area contributed by atoms with Crippen molar-refractivity contribution in [3.8, 4) is 0 Å². The predicted octanol–water partition coefficient (Wildman–Crippen LogP) is 0.0475. The van der Waals surface area contributed by atoms with E-state index in [-0.39, 0.29) is 18.7 Å². The minimum absolute atomic E-state index is 0.0749. The molecule has 21 heavy (non-hydrogen) atoms. The second-order valence-electron chi connectivity index (χ2n) is 4.32. The second-order valence-corrected chi connectivity index (χ2v) is 4.32. The van der Waals surface area contributed by atoms with Crippen LogP contribution in [0.4, 0.5) is 0 Å². The zero-order chi connectivity index (χ0) is 15.2. The highest BCUT2D eigenvalue weighted by molar-refractivity contribution is 5.80. The Morgan fingerprint density at radius 3 is 2.90 bits per heavy atom. The standard InChI is InChI=1S/C13H14N4O4/c1-8-10(12(19)16-13(20)15-8)4-5-11(18)17-14-7-9-3-2-6-21-9/h2-3,6-7H,4-5H2,1H3,(H,17,18)(H2,15,16,19,20)/b14-7+. The molecule has 0 radical (unpaired) electrons. The number of nitrogens with zero attached hydrogens (tertiary/aromatic N) is 1. The number of carbonyl (C=O) groups is 1. The molecule has 0 saturated heterocycles. The molecule has 1 amide bonds. The quantitative estimate of drug-likeness (QED) is 0.532. The molecule has 8 nitrogen and oxygen atoms in total. The fraction of sp³-hybridized carbons (Fsp3) is 0.231. The molecule has 0 bridgehead atoms. The van der Waals surface area contributed by atoms with Crippen molar-refractivity contribution in [2.24, 2.45) is 5.10 Å². The Morgan fingerprint density at radius 2 is 2.24 bits per heavy atom. The van der Waals surface area contributed by atoms with E-state index in [1.54, 1.807) is 19.1 Å². The first-order valence-electron chi connectivity index (χ1n) is 6.24. The molecule has 0 aromatic carbocycles. The van der Waals surface area contributed by atoms with Gasteiger partial charge in [0.25, 0.3) is 5.56 Å². The Balaban J connectivity index is 1.90. The van der Waals surface area contributed by atoms with Crippen molar-refractivity contribution < 1.29 is 9.21 Å². The van der Waals surface area contributed by atoms with Crippen LogP contribution in [0.25, 0.3) is 0 Å². The topological polar surface area (TPSA) is 120 Å². The van der Waals surface area contributed by atoms with E-state index in [9.17, 15) is 14.4 Å². The van der Waals surface area contributed by atoms with E-state index < -0.39 is 11.2 Å². The molecule has 2 heterocycles. The molecule has 0 aliphatic carbocycles. The van der Waals surface area contributed by atoms with Gasteiger partial charge in [0.05, 0.1) is 12.5 Å². The van der Waals surface area contributed by atoms with Gasteiger partial charge >= 0.3 is 5.69 Å². The van der Waals surface area contributed by atoms with Crippen molar-refractivity contribution in [1.29, 1.82) is 0 Å². The summed E-state index contributed by atoms with van der Waals surface area (Å²) in [6.45, 7) is 1.61. The van der Waals surface area contributed by atoms with Crippen molar-refractivity contribution in [3.05, 3.63) is 56.3 Å². The second kappa shape index (κ2) is 6.51. The third-order valence-corrected chi connectivity index (χ3v) is 2.78. The smallest absolute Gasteiger partial charge is 0.325 e. The van der Waals surface area contributed by atoms with E-state index in [0.29, 0.717) is 17.0 Å². The number of rotatable bonds is 5. The molecular weight excluding hydrogens is 276 g/mol. The zero-order valence-electron chi connectivity index (χ0n) is 11.3. The lowest BCUT2D eigenvalue weighted by Gasteiger charge is -2.03. The highest BCUT2D eigenvalue weighted by atomic mass is 16.3. The van der Waals surface area contributed by atoms with Gasteiger partial charge in [-0.25, -0.2) is 10.2 Å². The number of nitrogens with one attached hydrogen (secondary N) is 3. The number of aryl methyl sites for hydroxylation is 1. The van der Waals surface area contributed by atoms with Gasteiger partial charge in [-0.2, -0.15) is 5.10 Å². The van der Waals surface area contributed by atoms with E-state index in [1.807, 2.05) is 0 Å². The maximum absolute atomic E-state index is 11.6. The van der Waals surface area contributed by atoms with Gasteiger partial charge in [0, 0.05) is 17.7 Å². The van der Waals surface area contributed by atoms with Crippen molar-refractivity contribution in [3.63, 3.8) is 0 Å². The number of amides is 1. The summed E-state index contributed by atoms with van der Waals surface area (Å²) < 4.78 is 5.01. The van der Waals surface area contributed by atoms with Crippen LogP contribution in [0.3, 0.4) is 0 Å². The highest BCUT2D eigenvalue weighted by Crippen LogP contribution is 2.00. The first-order valence-corrected chi connectivity index (χ1v) is 6.24. The van der Waals surface area contributed by atoms with Gasteiger partial charge in [0.1, 0.15) is 5.76 Å². The lowest BCUT2D eigenvalue weighted by molar-refractivity contribution is -0.121. The summed E-state index contributed by atoms with van der Waals surface area (Å²) in [6.07, 6.45) is 3.15. The number of aromatic amines is 2. The molecule has 0 aliphatic heterocycles. The summed E-state index contributed by atoms with van der Waals surface area (Å²) >= 11 is 0. The number of hydrogen-bond acceptors (Lipinski definition) is 5. The van der Waals surface area contributed by atoms with Crippen LogP contribution in [-0.4, -0.2) is 22.1 Å². The van der Waals surface area contributed by atoms with Crippen molar-refractivity contribution in [2.45, 2.75) is 19.8 Å². The van der Waals surface area contributed by atoms with Crippen molar-refractivity contribution >= 4 is 12.1 Å². The Bertz CT molecular complexity index is 755. The molecule has 2 rings (SSSR count). The summed E-state index contributed by atoms with van der Waals surface area (Å²) in [5.41, 5.74) is 2.11. The molecule has 0 unspecified atom stereocenters. The van der Waals surface area contributed by atoms with E-state index in [4.69, 9.17) is 4.42 Å². The summed E-state index contributed by atoms with van der Waals surface area (Å²) in [5.74, 6) is 0.172. The molecule has 0 aliphatic rings. The van der Waals surface area contributed by atoms with Crippen LogP contribution in [0, 0.1) is 6.92 Å². The molecule has 0 fully saturated rings. The molecule has 3 N–H and O–H groups in total. The van der Waals surface area contributed by atoms with Gasteiger partial charge in [0.15, 0.2) is 0 Å². The number of H-pyrrole nitrogens is 2. The van der Waals surface area contributed by atoms with Crippen LogP contribution in [0.2, 0.25) is 0 Å². The predicted molar refractivity (Wildman–Crippen MR) is 75.2 cm³/mol. The monoisotopic (exact) mass is 290 g/mol. The average molecular weight is 290 g/mol. The molecular formula is C13H14N4O4. The summed E-state index contributed by atoms with van der Waals surface area (Å²) in [7, 11) is 0. The van der Waals surface area contributed by atoms with Crippen LogP contribution in [0.15, 0.2) is 37.5 Å². The molecule has 110 valence electrons. The third kappa shape index (κ3) is 4.03. The summed E-state index contributed by atoms with van der Waals surface area (Å²) in [4.78, 5) is 38.8. The fourth-order valence-corrected chi connectivity index (χ4v) is 1.75. The Labute approximate surface area is 118 Å². The molecule has 8 heteroatoms. The van der Waals surface area contributed by atoms with E-state index >= 15 is 0 Å². The van der Waals surface area contributed by atoms with Crippen LogP contribution >= 0.6 is 0 Å². The molecule has 2 aromatic rings. The summed E-state index contributed by atoms with van der Waals surface area (Å²) in [5, 5.41) is 3.72. The zero-order valence-corrected chi connectivity index (χ0v) is 11.3. The van der Waals surface area contributed by atoms with Gasteiger partial charge in [-0.15, -0.1) is 0 Å². The van der Waals surface area contributed by atoms with Gasteiger partial charge < -0.3 is 9.40 Å². The molecule has 0 spiro atoms. The lowest BCUT2D eigenvalue weighted by atomic mass is 10.1. The maximum atomic E-state index is 11.6. The minimum atomic E-state index is -0.561. The number of hydrogen-bond donors (Lipinski definition) is 3. The van der Waals surface area contributed by atoms with Crippen LogP contribution in [0.1, 0.15) is 23.4 Å². The Kier molecular flexibility index (Phi) is 4.50. The minimum Gasteiger partial charge on any atom is -0.463 e. The molecule has 2 aromatic heterocycles. The van der Waals surface area contributed by atoms with Crippen LogP contribution < -0.4 is 16.7 Å². The molecule has 0 atom stereocenters. The maximum Gasteiger partial charge on any atom is 0.325 e. The SMILES string of the molecule is Cc1[nH]c(=O)[nH]c(=O)c1CCC(=O)N/N=C/c1ccco1. The van der Waals surface area contributed by atoms with Crippen LogP contribution in [0.5, 0.6) is 0 Å². The van der Waals surface area contributed by atoms with Gasteiger partial charge in [-0.05, 0) is 25.5 Å². The third-order valence-electron chi connectivity index (χ3n) is 2.78. The van der Waals surface area contributed by atoms with Gasteiger partial charge in [-0.3, -0.25) is 14.6 Å². The van der Waals surface area contributed by atoms with Crippen molar-refractivity contribution in [1.82, 2.24) is 15.4 Å². The average Bonchev–Trinajstić information content (AvgIpc) is 2.90. The van der Waals surface area contributed by atoms with E-state index in [0.717, 1.165) is 0 Å². The van der Waals surface area contributed by atoms with Gasteiger partial charge in [-0.1, -0.05) is 0 Å². The fourth-order valence-electron chi connectivity index (χ4n) is 1.75. The van der Waals surface area contributed by atoms with Gasteiger partial charge in [0.2, 0.25) is 5.91 Å². The summed E-state index contributed by atoms with van der Waals surface area (Å²) in [6, 6.07) is 3.40.